The van der Waals surface area contributed by atoms with Crippen molar-refractivity contribution in [1.29, 1.82) is 0 Å². The van der Waals surface area contributed by atoms with Crippen molar-refractivity contribution in [3.63, 3.8) is 0 Å². The molecule has 1 heterocycles. The second-order valence-corrected chi connectivity index (χ2v) is 4.00. The van der Waals surface area contributed by atoms with Crippen LogP contribution in [0.1, 0.15) is 5.82 Å². The van der Waals surface area contributed by atoms with Gasteiger partial charge in [-0.05, 0) is 0 Å². The lowest BCUT2D eigenvalue weighted by atomic mass is 10.7. The van der Waals surface area contributed by atoms with E-state index in [1.54, 1.807) is 0 Å². The fraction of sp³-hybridized carbons (Fsp3) is 0.286. The Bertz CT molecular complexity index is 323. The molecule has 1 aromatic rings. The Balaban J connectivity index is 2.54. The fourth-order valence-electron chi connectivity index (χ4n) is 0.774. The van der Waals surface area contributed by atoms with Crippen LogP contribution in [0.4, 0.5) is 11.9 Å². The van der Waals surface area contributed by atoms with Crippen LogP contribution in [0.2, 0.25) is 0 Å². The molecular formula is C7H10ClN5S. The zero-order chi connectivity index (χ0) is 10.6. The van der Waals surface area contributed by atoms with Crippen LogP contribution in [0.5, 0.6) is 0 Å². The molecule has 0 bridgehead atoms. The smallest absolute Gasteiger partial charge is 0.225 e. The lowest BCUT2D eigenvalue weighted by Gasteiger charge is -2.01. The van der Waals surface area contributed by atoms with Gasteiger partial charge in [0.2, 0.25) is 11.9 Å². The first-order valence-corrected chi connectivity index (χ1v) is 5.28. The summed E-state index contributed by atoms with van der Waals surface area (Å²) in [6, 6.07) is 0. The molecule has 4 N–H and O–H groups in total. The van der Waals surface area contributed by atoms with E-state index in [-0.39, 0.29) is 11.9 Å². The van der Waals surface area contributed by atoms with Gasteiger partial charge in [0, 0.05) is 10.8 Å². The third kappa shape index (κ3) is 3.80. The number of rotatable bonds is 4. The predicted molar refractivity (Wildman–Crippen MR) is 59.8 cm³/mol. The standard InChI is InChI=1S/C7H10ClN5S/c1-4(8)2-14-3-5-11-6(9)13-7(10)12-5/h1-3H2,(H4,9,10,11,12,13). The van der Waals surface area contributed by atoms with Gasteiger partial charge in [-0.2, -0.15) is 15.0 Å². The lowest BCUT2D eigenvalue weighted by molar-refractivity contribution is 0.988. The zero-order valence-corrected chi connectivity index (χ0v) is 8.98. The Morgan fingerprint density at radius 2 is 1.86 bits per heavy atom. The summed E-state index contributed by atoms with van der Waals surface area (Å²) in [6.45, 7) is 3.56. The van der Waals surface area contributed by atoms with Gasteiger partial charge in [-0.25, -0.2) is 0 Å². The minimum absolute atomic E-state index is 0.137. The second-order valence-electron chi connectivity index (χ2n) is 2.48. The van der Waals surface area contributed by atoms with E-state index in [1.807, 2.05) is 0 Å². The van der Waals surface area contributed by atoms with Gasteiger partial charge in [-0.15, -0.1) is 11.8 Å². The monoisotopic (exact) mass is 231 g/mol. The summed E-state index contributed by atoms with van der Waals surface area (Å²) < 4.78 is 0. The Hall–Kier alpha value is -1.01. The summed E-state index contributed by atoms with van der Waals surface area (Å²) in [4.78, 5) is 11.5. The van der Waals surface area contributed by atoms with E-state index < -0.39 is 0 Å². The molecule has 0 aliphatic rings. The molecule has 0 saturated carbocycles. The third-order valence-corrected chi connectivity index (χ3v) is 2.51. The maximum atomic E-state index is 5.59. The summed E-state index contributed by atoms with van der Waals surface area (Å²) in [5, 5.41) is 0.588. The van der Waals surface area contributed by atoms with E-state index in [1.165, 1.54) is 11.8 Å². The number of nitrogens with zero attached hydrogens (tertiary/aromatic N) is 3. The number of nitrogens with two attached hydrogens (primary N) is 2. The van der Waals surface area contributed by atoms with E-state index >= 15 is 0 Å². The SMILES string of the molecule is C=C(Cl)CSCc1nc(N)nc(N)n1. The molecule has 0 aromatic carbocycles. The number of nitrogen functional groups attached to an aromatic ring is 2. The molecule has 0 amide bonds. The summed E-state index contributed by atoms with van der Waals surface area (Å²) in [5.74, 6) is 2.06. The molecule has 76 valence electrons. The average Bonchev–Trinajstić information content (AvgIpc) is 2.01. The van der Waals surface area contributed by atoms with Crippen LogP contribution in [0.15, 0.2) is 11.6 Å². The predicted octanol–water partition coefficient (Wildman–Crippen LogP) is 1.02. The van der Waals surface area contributed by atoms with Gasteiger partial charge in [0.05, 0.1) is 5.75 Å². The number of halogens is 1. The van der Waals surface area contributed by atoms with Crippen LogP contribution >= 0.6 is 23.4 Å². The molecule has 0 atom stereocenters. The molecule has 5 nitrogen and oxygen atoms in total. The van der Waals surface area contributed by atoms with E-state index in [0.29, 0.717) is 22.4 Å². The molecule has 7 heteroatoms. The molecule has 0 aliphatic carbocycles. The van der Waals surface area contributed by atoms with Crippen LogP contribution in [0.25, 0.3) is 0 Å². The maximum absolute atomic E-state index is 5.59. The number of anilines is 2. The van der Waals surface area contributed by atoms with Crippen molar-refractivity contribution in [3.05, 3.63) is 17.4 Å². The number of aromatic nitrogens is 3. The van der Waals surface area contributed by atoms with Crippen LogP contribution in [0, 0.1) is 0 Å². The maximum Gasteiger partial charge on any atom is 0.225 e. The topological polar surface area (TPSA) is 90.7 Å². The van der Waals surface area contributed by atoms with Gasteiger partial charge in [0.25, 0.3) is 0 Å². The Morgan fingerprint density at radius 3 is 2.36 bits per heavy atom. The Labute approximate surface area is 91.0 Å². The molecular weight excluding hydrogens is 222 g/mol. The molecule has 14 heavy (non-hydrogen) atoms. The van der Waals surface area contributed by atoms with E-state index in [4.69, 9.17) is 23.1 Å². The summed E-state index contributed by atoms with van der Waals surface area (Å²) in [7, 11) is 0. The van der Waals surface area contributed by atoms with Crippen molar-refractivity contribution >= 4 is 35.3 Å². The molecule has 1 rings (SSSR count). The molecule has 1 aromatic heterocycles. The van der Waals surface area contributed by atoms with Gasteiger partial charge in [-0.1, -0.05) is 18.2 Å². The van der Waals surface area contributed by atoms with Gasteiger partial charge in [0.1, 0.15) is 5.82 Å². The van der Waals surface area contributed by atoms with Gasteiger partial charge < -0.3 is 11.5 Å². The summed E-state index contributed by atoms with van der Waals surface area (Å²) in [6.07, 6.45) is 0. The van der Waals surface area contributed by atoms with Crippen molar-refractivity contribution < 1.29 is 0 Å². The quantitative estimate of drug-likeness (QED) is 0.804. The van der Waals surface area contributed by atoms with Crippen LogP contribution in [-0.4, -0.2) is 20.7 Å². The number of thioether (sulfide) groups is 1. The largest absolute Gasteiger partial charge is 0.368 e. The molecule has 0 radical (unpaired) electrons. The van der Waals surface area contributed by atoms with Crippen molar-refractivity contribution in [2.24, 2.45) is 0 Å². The normalized spacial score (nSPS) is 10.1. The van der Waals surface area contributed by atoms with Crippen molar-refractivity contribution in [2.45, 2.75) is 5.75 Å². The lowest BCUT2D eigenvalue weighted by Crippen LogP contribution is -2.06. The first-order chi connectivity index (χ1) is 6.58. The minimum Gasteiger partial charge on any atom is -0.368 e. The Morgan fingerprint density at radius 1 is 1.29 bits per heavy atom. The minimum atomic E-state index is 0.137. The first kappa shape index (κ1) is 11.1. The van der Waals surface area contributed by atoms with E-state index in [2.05, 4.69) is 21.5 Å². The van der Waals surface area contributed by atoms with E-state index in [0.717, 1.165) is 0 Å². The fourth-order valence-corrected chi connectivity index (χ4v) is 1.64. The van der Waals surface area contributed by atoms with Crippen LogP contribution in [0.3, 0.4) is 0 Å². The average molecular weight is 232 g/mol. The van der Waals surface area contributed by atoms with E-state index in [9.17, 15) is 0 Å². The van der Waals surface area contributed by atoms with Crippen molar-refractivity contribution in [1.82, 2.24) is 15.0 Å². The molecule has 0 aliphatic heterocycles. The molecule has 0 saturated heterocycles. The van der Waals surface area contributed by atoms with Crippen molar-refractivity contribution in [3.8, 4) is 0 Å². The highest BCUT2D eigenvalue weighted by molar-refractivity contribution is 7.98. The van der Waals surface area contributed by atoms with Crippen LogP contribution in [-0.2, 0) is 5.75 Å². The number of hydrogen-bond donors (Lipinski definition) is 2. The zero-order valence-electron chi connectivity index (χ0n) is 7.40. The highest BCUT2D eigenvalue weighted by Crippen LogP contribution is 2.14. The summed E-state index contributed by atoms with van der Waals surface area (Å²) >= 11 is 7.13. The highest BCUT2D eigenvalue weighted by atomic mass is 35.5. The third-order valence-electron chi connectivity index (χ3n) is 1.21. The van der Waals surface area contributed by atoms with Crippen molar-refractivity contribution in [2.75, 3.05) is 17.2 Å². The van der Waals surface area contributed by atoms with Gasteiger partial charge in [-0.3, -0.25) is 0 Å². The number of hydrogen-bond acceptors (Lipinski definition) is 6. The molecule has 0 fully saturated rings. The Kier molecular flexibility index (Phi) is 3.97. The second kappa shape index (κ2) is 5.02. The van der Waals surface area contributed by atoms with Gasteiger partial charge >= 0.3 is 0 Å². The summed E-state index contributed by atoms with van der Waals surface area (Å²) in [5.41, 5.74) is 10.8. The molecule has 0 spiro atoms. The van der Waals surface area contributed by atoms with Gasteiger partial charge in [0.15, 0.2) is 0 Å². The highest BCUT2D eigenvalue weighted by Gasteiger charge is 2.01. The molecule has 0 unspecified atom stereocenters. The first-order valence-electron chi connectivity index (χ1n) is 3.75. The van der Waals surface area contributed by atoms with Crippen LogP contribution < -0.4 is 11.5 Å².